The molecule has 0 aliphatic heterocycles. The van der Waals surface area contributed by atoms with Gasteiger partial charge in [-0.15, -0.1) is 0 Å². The molecule has 2 nitrogen and oxygen atoms in total. The number of carboxylic acid groups (broad SMARTS) is 1. The number of carbonyl (C=O) groups is 1. The van der Waals surface area contributed by atoms with Gasteiger partial charge in [0.25, 0.3) is 0 Å². The first-order valence-corrected chi connectivity index (χ1v) is 4.25. The van der Waals surface area contributed by atoms with Gasteiger partial charge in [0.1, 0.15) is 5.82 Å². The molecule has 0 amide bonds. The fourth-order valence-corrected chi connectivity index (χ4v) is 1.09. The molecule has 0 aromatic heterocycles. The van der Waals surface area contributed by atoms with Crippen molar-refractivity contribution in [3.05, 3.63) is 40.2 Å². The highest BCUT2D eigenvalue weighted by Gasteiger charge is 2.03. The molecule has 0 bridgehead atoms. The maximum atomic E-state index is 12.8. The number of halogens is 2. The standard InChI is InChI=1S/C10H8ClFO2/c1-6(10(13)14)4-7-5-8(12)2-3-9(7)11/h2-5H,1H3,(H,13,14)/b6-4+. The Balaban J connectivity index is 3.13. The normalized spacial score (nSPS) is 11.5. The average molecular weight is 215 g/mol. The summed E-state index contributed by atoms with van der Waals surface area (Å²) < 4.78 is 12.8. The van der Waals surface area contributed by atoms with E-state index < -0.39 is 11.8 Å². The second kappa shape index (κ2) is 4.24. The highest BCUT2D eigenvalue weighted by atomic mass is 35.5. The molecule has 0 aliphatic carbocycles. The zero-order valence-electron chi connectivity index (χ0n) is 7.42. The summed E-state index contributed by atoms with van der Waals surface area (Å²) >= 11 is 5.74. The summed E-state index contributed by atoms with van der Waals surface area (Å²) in [6, 6.07) is 3.79. The molecule has 0 atom stereocenters. The predicted molar refractivity (Wildman–Crippen MR) is 52.7 cm³/mol. The van der Waals surface area contributed by atoms with E-state index in [-0.39, 0.29) is 5.57 Å². The van der Waals surface area contributed by atoms with Crippen LogP contribution in [0.1, 0.15) is 12.5 Å². The molecular weight excluding hydrogens is 207 g/mol. The average Bonchev–Trinajstić information content (AvgIpc) is 2.11. The molecular formula is C10H8ClFO2. The first-order chi connectivity index (χ1) is 6.50. The van der Waals surface area contributed by atoms with Gasteiger partial charge in [-0.05, 0) is 36.8 Å². The number of rotatable bonds is 2. The van der Waals surface area contributed by atoms with E-state index in [0.717, 1.165) is 0 Å². The van der Waals surface area contributed by atoms with Gasteiger partial charge in [0.2, 0.25) is 0 Å². The Kier molecular flexibility index (Phi) is 3.25. The lowest BCUT2D eigenvalue weighted by Gasteiger charge is -1.99. The van der Waals surface area contributed by atoms with Crippen molar-refractivity contribution in [3.8, 4) is 0 Å². The van der Waals surface area contributed by atoms with Gasteiger partial charge in [-0.1, -0.05) is 11.6 Å². The number of hydrogen-bond donors (Lipinski definition) is 1. The highest BCUT2D eigenvalue weighted by Crippen LogP contribution is 2.19. The molecule has 0 radical (unpaired) electrons. The van der Waals surface area contributed by atoms with Gasteiger partial charge < -0.3 is 5.11 Å². The summed E-state index contributed by atoms with van der Waals surface area (Å²) in [5.74, 6) is -1.50. The van der Waals surface area contributed by atoms with Crippen molar-refractivity contribution >= 4 is 23.6 Å². The molecule has 0 aliphatic rings. The second-order valence-corrected chi connectivity index (χ2v) is 3.21. The minimum Gasteiger partial charge on any atom is -0.478 e. The molecule has 1 N–H and O–H groups in total. The minimum absolute atomic E-state index is 0.109. The lowest BCUT2D eigenvalue weighted by atomic mass is 10.1. The van der Waals surface area contributed by atoms with Crippen molar-refractivity contribution < 1.29 is 14.3 Å². The van der Waals surface area contributed by atoms with Crippen molar-refractivity contribution in [1.82, 2.24) is 0 Å². The van der Waals surface area contributed by atoms with Crippen LogP contribution in [0.25, 0.3) is 6.08 Å². The maximum absolute atomic E-state index is 12.8. The number of benzene rings is 1. The van der Waals surface area contributed by atoms with Crippen molar-refractivity contribution in [1.29, 1.82) is 0 Å². The third-order valence-electron chi connectivity index (χ3n) is 1.67. The van der Waals surface area contributed by atoms with Crippen LogP contribution in [-0.4, -0.2) is 11.1 Å². The Bertz CT molecular complexity index is 399. The smallest absolute Gasteiger partial charge is 0.331 e. The van der Waals surface area contributed by atoms with Gasteiger partial charge in [-0.3, -0.25) is 0 Å². The number of hydrogen-bond acceptors (Lipinski definition) is 1. The lowest BCUT2D eigenvalue weighted by Crippen LogP contribution is -1.95. The quantitative estimate of drug-likeness (QED) is 0.769. The van der Waals surface area contributed by atoms with Crippen LogP contribution in [0.2, 0.25) is 5.02 Å². The van der Waals surface area contributed by atoms with E-state index in [1.54, 1.807) is 0 Å². The van der Waals surface area contributed by atoms with Crippen molar-refractivity contribution in [3.63, 3.8) is 0 Å². The van der Waals surface area contributed by atoms with E-state index >= 15 is 0 Å². The molecule has 1 aromatic rings. The monoisotopic (exact) mass is 214 g/mol. The first kappa shape index (κ1) is 10.7. The maximum Gasteiger partial charge on any atom is 0.331 e. The fraction of sp³-hybridized carbons (Fsp3) is 0.100. The first-order valence-electron chi connectivity index (χ1n) is 3.87. The van der Waals surface area contributed by atoms with Gasteiger partial charge in [0, 0.05) is 10.6 Å². The SMILES string of the molecule is C/C(=C\c1cc(F)ccc1Cl)C(=O)O. The summed E-state index contributed by atoms with van der Waals surface area (Å²) in [5.41, 5.74) is 0.476. The van der Waals surface area contributed by atoms with Crippen molar-refractivity contribution in [2.75, 3.05) is 0 Å². The molecule has 0 fully saturated rings. The molecule has 0 unspecified atom stereocenters. The largest absolute Gasteiger partial charge is 0.478 e. The molecule has 74 valence electrons. The molecule has 0 heterocycles. The Hall–Kier alpha value is -1.35. The van der Waals surface area contributed by atoms with Gasteiger partial charge in [-0.25, -0.2) is 9.18 Å². The van der Waals surface area contributed by atoms with Gasteiger partial charge in [0.05, 0.1) is 0 Å². The molecule has 0 saturated heterocycles. The Labute approximate surface area is 85.6 Å². The van der Waals surface area contributed by atoms with E-state index in [9.17, 15) is 9.18 Å². The second-order valence-electron chi connectivity index (χ2n) is 2.80. The van der Waals surface area contributed by atoms with Crippen LogP contribution in [-0.2, 0) is 4.79 Å². The van der Waals surface area contributed by atoms with Crippen molar-refractivity contribution in [2.45, 2.75) is 6.92 Å². The summed E-state index contributed by atoms with van der Waals surface area (Å²) in [5, 5.41) is 8.92. The summed E-state index contributed by atoms with van der Waals surface area (Å²) in [4.78, 5) is 10.5. The summed E-state index contributed by atoms with van der Waals surface area (Å²) in [7, 11) is 0. The fourth-order valence-electron chi connectivity index (χ4n) is 0.920. The molecule has 4 heteroatoms. The Morgan fingerprint density at radius 3 is 2.79 bits per heavy atom. The van der Waals surface area contributed by atoms with Crippen LogP contribution in [0.5, 0.6) is 0 Å². The Morgan fingerprint density at radius 1 is 1.57 bits per heavy atom. The van der Waals surface area contributed by atoms with Gasteiger partial charge >= 0.3 is 5.97 Å². The van der Waals surface area contributed by atoms with E-state index in [4.69, 9.17) is 16.7 Å². The summed E-state index contributed by atoms with van der Waals surface area (Å²) in [6.07, 6.45) is 1.33. The van der Waals surface area contributed by atoms with E-state index in [1.165, 1.54) is 31.2 Å². The third-order valence-corrected chi connectivity index (χ3v) is 2.01. The molecule has 1 rings (SSSR count). The van der Waals surface area contributed by atoms with Gasteiger partial charge in [-0.2, -0.15) is 0 Å². The Morgan fingerprint density at radius 2 is 2.21 bits per heavy atom. The van der Waals surface area contributed by atoms with Crippen LogP contribution >= 0.6 is 11.6 Å². The van der Waals surface area contributed by atoms with Crippen LogP contribution in [0.15, 0.2) is 23.8 Å². The highest BCUT2D eigenvalue weighted by molar-refractivity contribution is 6.32. The minimum atomic E-state index is -1.05. The lowest BCUT2D eigenvalue weighted by molar-refractivity contribution is -0.132. The molecule has 1 aromatic carbocycles. The van der Waals surface area contributed by atoms with Crippen LogP contribution in [0, 0.1) is 5.82 Å². The molecule has 0 saturated carbocycles. The zero-order chi connectivity index (χ0) is 10.7. The van der Waals surface area contributed by atoms with Crippen LogP contribution < -0.4 is 0 Å². The van der Waals surface area contributed by atoms with Crippen LogP contribution in [0.4, 0.5) is 4.39 Å². The summed E-state index contributed by atoms with van der Waals surface area (Å²) in [6.45, 7) is 1.42. The van der Waals surface area contributed by atoms with Crippen molar-refractivity contribution in [2.24, 2.45) is 0 Å². The predicted octanol–water partition coefficient (Wildman–Crippen LogP) is 2.97. The van der Waals surface area contributed by atoms with E-state index in [0.29, 0.717) is 10.6 Å². The third kappa shape index (κ3) is 2.57. The zero-order valence-corrected chi connectivity index (χ0v) is 8.18. The van der Waals surface area contributed by atoms with E-state index in [1.807, 2.05) is 0 Å². The number of aliphatic carboxylic acids is 1. The van der Waals surface area contributed by atoms with Gasteiger partial charge in [0.15, 0.2) is 0 Å². The van der Waals surface area contributed by atoms with E-state index in [2.05, 4.69) is 0 Å². The topological polar surface area (TPSA) is 37.3 Å². The van der Waals surface area contributed by atoms with Crippen LogP contribution in [0.3, 0.4) is 0 Å². The molecule has 0 spiro atoms. The molecule has 14 heavy (non-hydrogen) atoms. The number of carboxylic acids is 1.